The molecule has 0 N–H and O–H groups in total. The number of halogens is 2. The summed E-state index contributed by atoms with van der Waals surface area (Å²) in [6.07, 6.45) is 2.07. The molecule has 186 valence electrons. The first-order chi connectivity index (χ1) is 17.0. The van der Waals surface area contributed by atoms with Crippen molar-refractivity contribution in [2.45, 2.75) is 19.6 Å². The van der Waals surface area contributed by atoms with E-state index >= 15 is 0 Å². The van der Waals surface area contributed by atoms with Gasteiger partial charge in [0.05, 0.1) is 32.1 Å². The Morgan fingerprint density at radius 3 is 2.66 bits per heavy atom. The molecular weight excluding hydrogens is 462 g/mol. The minimum absolute atomic E-state index is 0.0573. The molecule has 1 fully saturated rings. The van der Waals surface area contributed by atoms with E-state index in [2.05, 4.69) is 4.74 Å². The minimum Gasteiger partial charge on any atom is -0.490 e. The molecular formula is C25H26F2N2O6. The molecule has 1 saturated heterocycles. The second-order valence-corrected chi connectivity index (χ2v) is 7.81. The van der Waals surface area contributed by atoms with Crippen molar-refractivity contribution in [2.75, 3.05) is 44.4 Å². The summed E-state index contributed by atoms with van der Waals surface area (Å²) >= 11 is 0. The van der Waals surface area contributed by atoms with Crippen molar-refractivity contribution in [1.29, 1.82) is 0 Å². The lowest BCUT2D eigenvalue weighted by Crippen LogP contribution is -2.53. The number of nitrogens with zero attached hydrogens (tertiary/aromatic N) is 2. The van der Waals surface area contributed by atoms with Crippen LogP contribution in [0, 0.1) is 0 Å². The van der Waals surface area contributed by atoms with Gasteiger partial charge in [0.25, 0.3) is 11.8 Å². The van der Waals surface area contributed by atoms with Crippen molar-refractivity contribution >= 4 is 23.6 Å². The number of carbonyl (C=O) groups is 2. The molecule has 0 aromatic heterocycles. The third-order valence-corrected chi connectivity index (χ3v) is 5.54. The molecule has 0 aliphatic carbocycles. The topological polar surface area (TPSA) is 77.5 Å². The van der Waals surface area contributed by atoms with Crippen LogP contribution in [0.15, 0.2) is 48.5 Å². The first kappa shape index (κ1) is 24.5. The number of ether oxygens (including phenoxy) is 4. The smallest absolute Gasteiger partial charge is 0.387 e. The number of amides is 2. The van der Waals surface area contributed by atoms with E-state index in [0.29, 0.717) is 43.3 Å². The third kappa shape index (κ3) is 5.89. The van der Waals surface area contributed by atoms with E-state index in [-0.39, 0.29) is 36.5 Å². The van der Waals surface area contributed by atoms with E-state index in [9.17, 15) is 18.4 Å². The van der Waals surface area contributed by atoms with E-state index in [1.807, 2.05) is 0 Å². The van der Waals surface area contributed by atoms with Crippen molar-refractivity contribution < 1.29 is 37.3 Å². The molecule has 8 nitrogen and oxygen atoms in total. The molecule has 4 rings (SSSR count). The zero-order chi connectivity index (χ0) is 24.8. The number of alkyl halides is 2. The molecule has 35 heavy (non-hydrogen) atoms. The molecule has 2 aliphatic rings. The molecule has 0 bridgehead atoms. The molecule has 2 aromatic carbocycles. The Balaban J connectivity index is 1.53. The van der Waals surface area contributed by atoms with E-state index < -0.39 is 12.7 Å². The number of anilines is 1. The zero-order valence-electron chi connectivity index (χ0n) is 19.2. The van der Waals surface area contributed by atoms with E-state index in [0.717, 1.165) is 0 Å². The van der Waals surface area contributed by atoms with E-state index in [1.54, 1.807) is 48.2 Å². The first-order valence-corrected chi connectivity index (χ1v) is 11.3. The number of benzene rings is 2. The van der Waals surface area contributed by atoms with Gasteiger partial charge in [-0.15, -0.1) is 0 Å². The second kappa shape index (κ2) is 11.2. The van der Waals surface area contributed by atoms with Crippen molar-refractivity contribution in [3.05, 3.63) is 54.1 Å². The highest BCUT2D eigenvalue weighted by Gasteiger charge is 2.35. The lowest BCUT2D eigenvalue weighted by Gasteiger charge is -2.37. The van der Waals surface area contributed by atoms with Gasteiger partial charge in [-0.3, -0.25) is 9.59 Å². The van der Waals surface area contributed by atoms with Gasteiger partial charge < -0.3 is 28.7 Å². The predicted molar refractivity (Wildman–Crippen MR) is 124 cm³/mol. The molecule has 10 heteroatoms. The summed E-state index contributed by atoms with van der Waals surface area (Å²) in [5, 5.41) is 0. The Kier molecular flexibility index (Phi) is 7.81. The van der Waals surface area contributed by atoms with E-state index in [4.69, 9.17) is 14.2 Å². The van der Waals surface area contributed by atoms with Crippen LogP contribution in [0.4, 0.5) is 14.5 Å². The fourth-order valence-corrected chi connectivity index (χ4v) is 3.91. The van der Waals surface area contributed by atoms with Gasteiger partial charge in [0.2, 0.25) is 0 Å². The summed E-state index contributed by atoms with van der Waals surface area (Å²) in [7, 11) is 0. The van der Waals surface area contributed by atoms with Gasteiger partial charge in [-0.1, -0.05) is 18.2 Å². The highest BCUT2D eigenvalue weighted by molar-refractivity contribution is 6.05. The van der Waals surface area contributed by atoms with Gasteiger partial charge in [-0.25, -0.2) is 0 Å². The number of hydrogen-bond acceptors (Lipinski definition) is 6. The molecule has 2 aromatic rings. The highest BCUT2D eigenvalue weighted by Crippen LogP contribution is 2.34. The summed E-state index contributed by atoms with van der Waals surface area (Å²) < 4.78 is 46.4. The normalized spacial score (nSPS) is 17.8. The van der Waals surface area contributed by atoms with Gasteiger partial charge in [-0.05, 0) is 42.8 Å². The summed E-state index contributed by atoms with van der Waals surface area (Å²) in [5.74, 6) is -0.0432. The predicted octanol–water partition coefficient (Wildman–Crippen LogP) is 3.35. The average Bonchev–Trinajstić information content (AvgIpc) is 2.88. The number of morpholine rings is 1. The van der Waals surface area contributed by atoms with Crippen LogP contribution < -0.4 is 19.1 Å². The lowest BCUT2D eigenvalue weighted by molar-refractivity contribution is -0.142. The minimum atomic E-state index is -2.98. The van der Waals surface area contributed by atoms with E-state index in [1.165, 1.54) is 23.1 Å². The lowest BCUT2D eigenvalue weighted by atomic mass is 10.1. The van der Waals surface area contributed by atoms with Gasteiger partial charge in [0.1, 0.15) is 5.75 Å². The van der Waals surface area contributed by atoms with Gasteiger partial charge in [0, 0.05) is 19.2 Å². The molecule has 0 saturated carbocycles. The van der Waals surface area contributed by atoms with Gasteiger partial charge >= 0.3 is 6.61 Å². The van der Waals surface area contributed by atoms with Crippen LogP contribution in [0.1, 0.15) is 12.5 Å². The van der Waals surface area contributed by atoms with Crippen LogP contribution in [0.3, 0.4) is 0 Å². The Bertz CT molecular complexity index is 1090. The Morgan fingerprint density at radius 2 is 1.91 bits per heavy atom. The molecule has 1 unspecified atom stereocenters. The maximum Gasteiger partial charge on any atom is 0.387 e. The van der Waals surface area contributed by atoms with Crippen LogP contribution in [0.25, 0.3) is 6.08 Å². The van der Waals surface area contributed by atoms with Crippen LogP contribution in [0.2, 0.25) is 0 Å². The third-order valence-electron chi connectivity index (χ3n) is 5.54. The molecule has 0 radical (unpaired) electrons. The maximum atomic E-state index is 13.2. The van der Waals surface area contributed by atoms with Crippen LogP contribution in [-0.2, 0) is 14.3 Å². The van der Waals surface area contributed by atoms with Gasteiger partial charge in [0.15, 0.2) is 17.6 Å². The van der Waals surface area contributed by atoms with Gasteiger partial charge in [-0.2, -0.15) is 8.78 Å². The molecule has 2 aliphatic heterocycles. The number of carbonyl (C=O) groups excluding carboxylic acids is 2. The van der Waals surface area contributed by atoms with Crippen molar-refractivity contribution in [3.63, 3.8) is 0 Å². The maximum absolute atomic E-state index is 13.2. The number of rotatable bonds is 7. The summed E-state index contributed by atoms with van der Waals surface area (Å²) in [6, 6.07) is 11.4. The molecule has 2 amide bonds. The average molecular weight is 488 g/mol. The van der Waals surface area contributed by atoms with Crippen molar-refractivity contribution in [2.24, 2.45) is 0 Å². The Hall–Kier alpha value is -3.66. The van der Waals surface area contributed by atoms with Crippen molar-refractivity contribution in [1.82, 2.24) is 4.90 Å². The fraction of sp³-hybridized carbons (Fsp3) is 0.360. The zero-order valence-corrected chi connectivity index (χ0v) is 19.2. The second-order valence-electron chi connectivity index (χ2n) is 7.81. The first-order valence-electron chi connectivity index (χ1n) is 11.3. The number of hydrogen-bond donors (Lipinski definition) is 0. The Labute approximate surface area is 201 Å². The van der Waals surface area contributed by atoms with Crippen LogP contribution in [-0.4, -0.2) is 68.9 Å². The largest absolute Gasteiger partial charge is 0.490 e. The van der Waals surface area contributed by atoms with Crippen LogP contribution in [0.5, 0.6) is 17.2 Å². The Morgan fingerprint density at radius 1 is 1.14 bits per heavy atom. The van der Waals surface area contributed by atoms with Crippen LogP contribution >= 0.6 is 0 Å². The highest BCUT2D eigenvalue weighted by atomic mass is 19.3. The monoisotopic (exact) mass is 488 g/mol. The number of para-hydroxylation sites is 2. The molecule has 0 spiro atoms. The quantitative estimate of drug-likeness (QED) is 0.557. The molecule has 1 atom stereocenters. The fourth-order valence-electron chi connectivity index (χ4n) is 3.91. The summed E-state index contributed by atoms with van der Waals surface area (Å²) in [6.45, 7) is 0.936. The SMILES string of the molecule is CCOc1cc(/C=C/C(=O)N2CC(C(=O)N3CCOCC3)Oc3ccccc32)ccc1OC(F)F. The standard InChI is InChI=1S/C25H26F2N2O6/c1-2-33-21-15-17(7-9-20(21)35-25(26)27)8-10-23(30)29-16-22(24(31)28-11-13-32-14-12-28)34-19-6-4-3-5-18(19)29/h3-10,15,22,25H,2,11-14,16H2,1H3/b10-8+. The molecule has 2 heterocycles. The summed E-state index contributed by atoms with van der Waals surface area (Å²) in [4.78, 5) is 29.4. The summed E-state index contributed by atoms with van der Waals surface area (Å²) in [5.41, 5.74) is 1.12. The number of fused-ring (bicyclic) bond motifs is 1. The van der Waals surface area contributed by atoms with Crippen molar-refractivity contribution in [3.8, 4) is 17.2 Å².